The van der Waals surface area contributed by atoms with Crippen LogP contribution in [-0.2, 0) is 28.4 Å². The number of unbranched alkanes of at least 4 members (excludes halogenated alkanes) is 24. The number of aliphatic hydroxyl groups excluding tert-OH is 2. The van der Waals surface area contributed by atoms with Gasteiger partial charge in [-0.1, -0.05) is 168 Å². The zero-order chi connectivity index (χ0) is 36.4. The summed E-state index contributed by atoms with van der Waals surface area (Å²) in [7, 11) is -5.44. The number of carbonyl (C=O) groups is 2. The maximum Gasteiger partial charge on any atom is 1.00 e. The Hall–Kier alpha value is 0.970. The first kappa shape index (κ1) is 56.3. The van der Waals surface area contributed by atoms with Crippen LogP contribution >= 0.6 is 7.60 Å². The maximum absolute atomic E-state index is 12.6. The molecule has 0 saturated carbocycles. The van der Waals surface area contributed by atoms with Gasteiger partial charge in [0.25, 0.3) is 0 Å². The summed E-state index contributed by atoms with van der Waals surface area (Å²) in [5, 5.41) is 18.9. The normalized spacial score (nSPS) is 13.1. The van der Waals surface area contributed by atoms with Gasteiger partial charge in [-0.3, -0.25) is 9.59 Å². The standard InChI is InChI=1S/C38H75O10P.2Na/c1-3-5-7-9-11-13-15-17-19-21-23-25-27-29-36(41)46-32-34(33-47-38(35(40)31-39)49(43,44)45)48-37(42)30-28-26-24-22-20-18-16-14-12-10-8-6-4-2;;/h34-35,38-40H,3-33H2,1-2H3,(H2,43,44,45);;/q;2*+1/p-2. The summed E-state index contributed by atoms with van der Waals surface area (Å²) in [6, 6.07) is 0. The number of hydrogen-bond donors (Lipinski definition) is 2. The van der Waals surface area contributed by atoms with E-state index in [4.69, 9.17) is 19.3 Å². The van der Waals surface area contributed by atoms with E-state index in [1.165, 1.54) is 116 Å². The summed E-state index contributed by atoms with van der Waals surface area (Å²) < 4.78 is 27.4. The van der Waals surface area contributed by atoms with Crippen molar-refractivity contribution >= 4 is 19.5 Å². The van der Waals surface area contributed by atoms with Gasteiger partial charge < -0.3 is 38.8 Å². The Morgan fingerprint density at radius 1 is 0.569 bits per heavy atom. The summed E-state index contributed by atoms with van der Waals surface area (Å²) in [6.45, 7) is 2.50. The molecule has 51 heavy (non-hydrogen) atoms. The Kier molecular flexibility index (Phi) is 44.9. The van der Waals surface area contributed by atoms with Gasteiger partial charge in [-0.15, -0.1) is 0 Å². The van der Waals surface area contributed by atoms with Gasteiger partial charge in [0.05, 0.1) is 13.2 Å². The average molecular weight is 767 g/mol. The smallest absolute Gasteiger partial charge is 0.809 e. The van der Waals surface area contributed by atoms with Crippen LogP contribution in [0.1, 0.15) is 194 Å². The van der Waals surface area contributed by atoms with Crippen molar-refractivity contribution < 1.29 is 107 Å². The minimum absolute atomic E-state index is 0. The number of esters is 2. The fourth-order valence-electron chi connectivity index (χ4n) is 5.90. The molecule has 292 valence electrons. The van der Waals surface area contributed by atoms with Crippen LogP contribution in [0, 0.1) is 0 Å². The fourth-order valence-corrected chi connectivity index (χ4v) is 6.69. The first-order valence-electron chi connectivity index (χ1n) is 19.9. The minimum atomic E-state index is -5.44. The Morgan fingerprint density at radius 2 is 0.902 bits per heavy atom. The summed E-state index contributed by atoms with van der Waals surface area (Å²) in [6.07, 6.45) is 28.0. The topological polar surface area (TPSA) is 165 Å². The molecule has 0 aliphatic carbocycles. The maximum atomic E-state index is 12.6. The second-order valence-electron chi connectivity index (χ2n) is 13.8. The molecular weight excluding hydrogens is 693 g/mol. The van der Waals surface area contributed by atoms with E-state index in [1.54, 1.807) is 0 Å². The van der Waals surface area contributed by atoms with Crippen molar-refractivity contribution in [1.29, 1.82) is 0 Å². The number of carbonyl (C=O) groups excluding carboxylic acids is 2. The molecule has 2 N–H and O–H groups in total. The van der Waals surface area contributed by atoms with Crippen LogP contribution in [-0.4, -0.2) is 60.0 Å². The predicted octanol–water partition coefficient (Wildman–Crippen LogP) is 2.02. The number of ether oxygens (including phenoxy) is 3. The third-order valence-electron chi connectivity index (χ3n) is 8.98. The van der Waals surface area contributed by atoms with Gasteiger partial charge in [-0.05, 0) is 20.4 Å². The van der Waals surface area contributed by atoms with Crippen LogP contribution in [0.2, 0.25) is 0 Å². The molecule has 0 fully saturated rings. The molecule has 0 aromatic rings. The molecule has 10 nitrogen and oxygen atoms in total. The van der Waals surface area contributed by atoms with Crippen LogP contribution in [0.5, 0.6) is 0 Å². The van der Waals surface area contributed by atoms with Crippen molar-refractivity contribution in [2.24, 2.45) is 0 Å². The largest absolute Gasteiger partial charge is 1.00 e. The summed E-state index contributed by atoms with van der Waals surface area (Å²) in [5.41, 5.74) is 0. The molecule has 0 amide bonds. The zero-order valence-electron chi connectivity index (χ0n) is 33.3. The van der Waals surface area contributed by atoms with Gasteiger partial charge in [0.1, 0.15) is 18.6 Å². The summed E-state index contributed by atoms with van der Waals surface area (Å²) >= 11 is 0. The van der Waals surface area contributed by atoms with Crippen LogP contribution < -0.4 is 68.9 Å². The molecule has 0 rings (SSSR count). The SMILES string of the molecule is CCCCCCCCCCCCCCCC(=O)OCC(COC(C(O)CO)P(=O)([O-])[O-])OC(=O)CCCCCCCCCCCCCCC.[Na+].[Na+]. The van der Waals surface area contributed by atoms with E-state index in [0.717, 1.165) is 38.5 Å². The Labute approximate surface area is 355 Å². The molecule has 0 radical (unpaired) electrons. The van der Waals surface area contributed by atoms with Gasteiger partial charge in [-0.25, -0.2) is 0 Å². The monoisotopic (exact) mass is 766 g/mol. The van der Waals surface area contributed by atoms with Crippen molar-refractivity contribution in [3.63, 3.8) is 0 Å². The first-order valence-corrected chi connectivity index (χ1v) is 21.5. The third kappa shape index (κ3) is 37.7. The van der Waals surface area contributed by atoms with E-state index in [2.05, 4.69) is 13.8 Å². The van der Waals surface area contributed by atoms with E-state index < -0.39 is 50.8 Å². The van der Waals surface area contributed by atoms with Crippen molar-refractivity contribution in [1.82, 2.24) is 0 Å². The second-order valence-corrected chi connectivity index (χ2v) is 15.4. The van der Waals surface area contributed by atoms with Gasteiger partial charge in [0.15, 0.2) is 6.10 Å². The Bertz CT molecular complexity index is 818. The van der Waals surface area contributed by atoms with Crippen molar-refractivity contribution in [3.05, 3.63) is 0 Å². The molecule has 0 aliphatic rings. The van der Waals surface area contributed by atoms with E-state index in [0.29, 0.717) is 12.8 Å². The van der Waals surface area contributed by atoms with Crippen LogP contribution in [0.4, 0.5) is 0 Å². The quantitative estimate of drug-likeness (QED) is 0.0414. The third-order valence-corrected chi connectivity index (χ3v) is 10.1. The van der Waals surface area contributed by atoms with Gasteiger partial charge in [0, 0.05) is 12.8 Å². The first-order chi connectivity index (χ1) is 23.6. The summed E-state index contributed by atoms with van der Waals surface area (Å²) in [5.74, 6) is -3.23. The molecule has 0 aromatic carbocycles. The predicted molar refractivity (Wildman–Crippen MR) is 192 cm³/mol. The van der Waals surface area contributed by atoms with E-state index in [-0.39, 0.29) is 78.6 Å². The van der Waals surface area contributed by atoms with E-state index in [9.17, 15) is 29.0 Å². The number of aliphatic hydroxyl groups is 2. The van der Waals surface area contributed by atoms with Gasteiger partial charge >= 0.3 is 71.1 Å². The molecular formula is C38H73Na2O10P. The van der Waals surface area contributed by atoms with E-state index in [1.807, 2.05) is 0 Å². The fraction of sp³-hybridized carbons (Fsp3) is 0.947. The minimum Gasteiger partial charge on any atom is -0.809 e. The number of rotatable bonds is 37. The molecule has 0 bridgehead atoms. The van der Waals surface area contributed by atoms with Crippen molar-refractivity contribution in [2.45, 2.75) is 212 Å². The van der Waals surface area contributed by atoms with Gasteiger partial charge in [-0.2, -0.15) is 0 Å². The molecule has 13 heteroatoms. The number of hydrogen-bond acceptors (Lipinski definition) is 10. The van der Waals surface area contributed by atoms with Crippen LogP contribution in [0.3, 0.4) is 0 Å². The molecule has 3 atom stereocenters. The van der Waals surface area contributed by atoms with E-state index >= 15 is 0 Å². The van der Waals surface area contributed by atoms with Crippen molar-refractivity contribution in [3.8, 4) is 0 Å². The Balaban J connectivity index is -0.0000115. The van der Waals surface area contributed by atoms with Crippen LogP contribution in [0.15, 0.2) is 0 Å². The van der Waals surface area contributed by atoms with Gasteiger partial charge in [0.2, 0.25) is 0 Å². The molecule has 0 heterocycles. The molecule has 0 saturated heterocycles. The van der Waals surface area contributed by atoms with Crippen LogP contribution in [0.25, 0.3) is 0 Å². The Morgan fingerprint density at radius 3 is 1.24 bits per heavy atom. The zero-order valence-corrected chi connectivity index (χ0v) is 38.2. The molecule has 0 aliphatic heterocycles. The summed E-state index contributed by atoms with van der Waals surface area (Å²) in [4.78, 5) is 48.1. The average Bonchev–Trinajstić information content (AvgIpc) is 3.07. The second kappa shape index (κ2) is 40.6. The molecule has 3 unspecified atom stereocenters. The molecule has 0 aromatic heterocycles. The van der Waals surface area contributed by atoms with Crippen molar-refractivity contribution in [2.75, 3.05) is 19.8 Å². The molecule has 0 spiro atoms.